The molecule has 1 aliphatic rings. The molecule has 0 saturated carbocycles. The van der Waals surface area contributed by atoms with Gasteiger partial charge in [0.1, 0.15) is 11.3 Å². The van der Waals surface area contributed by atoms with Crippen molar-refractivity contribution in [2.24, 2.45) is 0 Å². The molecule has 0 aliphatic carbocycles. The molecule has 1 fully saturated rings. The number of thiazole rings is 2. The van der Waals surface area contributed by atoms with E-state index in [4.69, 9.17) is 0 Å². The second-order valence-corrected chi connectivity index (χ2v) is 11.0. The van der Waals surface area contributed by atoms with Gasteiger partial charge < -0.3 is 9.80 Å². The molecule has 0 bridgehead atoms. The van der Waals surface area contributed by atoms with E-state index in [1.807, 2.05) is 6.07 Å². The minimum Gasteiger partial charge on any atom is -0.345 e. The first-order valence-electron chi connectivity index (χ1n) is 9.04. The van der Waals surface area contributed by atoms with Crippen molar-refractivity contribution >= 4 is 63.2 Å². The number of halogens is 1. The fourth-order valence-corrected chi connectivity index (χ4v) is 6.20. The number of nitrogens with zero attached hydrogens (tertiary/aromatic N) is 4. The molecule has 4 aromatic rings. The highest BCUT2D eigenvalue weighted by atomic mass is 32.2. The summed E-state index contributed by atoms with van der Waals surface area (Å²) in [6, 6.07) is 10.1. The van der Waals surface area contributed by atoms with Gasteiger partial charge in [0.15, 0.2) is 20.1 Å². The van der Waals surface area contributed by atoms with Crippen LogP contribution in [0.4, 0.5) is 14.7 Å². The number of rotatable bonds is 3. The maximum Gasteiger partial charge on any atom is 0.186 e. The summed E-state index contributed by atoms with van der Waals surface area (Å²) in [4.78, 5) is 13.8. The smallest absolute Gasteiger partial charge is 0.186 e. The van der Waals surface area contributed by atoms with Gasteiger partial charge in [-0.1, -0.05) is 28.7 Å². The van der Waals surface area contributed by atoms with Gasteiger partial charge in [0.2, 0.25) is 0 Å². The highest BCUT2D eigenvalue weighted by molar-refractivity contribution is 7.90. The van der Waals surface area contributed by atoms with E-state index in [9.17, 15) is 12.8 Å². The Morgan fingerprint density at radius 2 is 1.59 bits per heavy atom. The van der Waals surface area contributed by atoms with Gasteiger partial charge in [-0.05, 0) is 30.3 Å². The maximum absolute atomic E-state index is 13.9. The summed E-state index contributed by atoms with van der Waals surface area (Å²) in [6.07, 6.45) is 1.21. The van der Waals surface area contributed by atoms with Crippen molar-refractivity contribution in [1.82, 2.24) is 9.97 Å². The van der Waals surface area contributed by atoms with Crippen molar-refractivity contribution < 1.29 is 12.8 Å². The summed E-state index contributed by atoms with van der Waals surface area (Å²) in [7, 11) is -3.24. The molecule has 2 aromatic heterocycles. The molecular weight excluding hydrogens is 431 g/mol. The van der Waals surface area contributed by atoms with Crippen molar-refractivity contribution in [2.75, 3.05) is 42.2 Å². The summed E-state index contributed by atoms with van der Waals surface area (Å²) in [5, 5.41) is 1.73. The summed E-state index contributed by atoms with van der Waals surface area (Å²) in [6.45, 7) is 3.09. The molecule has 0 amide bonds. The van der Waals surface area contributed by atoms with Crippen LogP contribution in [0.2, 0.25) is 0 Å². The van der Waals surface area contributed by atoms with Gasteiger partial charge in [0, 0.05) is 32.4 Å². The molecule has 1 aliphatic heterocycles. The van der Waals surface area contributed by atoms with Crippen LogP contribution in [0.15, 0.2) is 41.3 Å². The van der Waals surface area contributed by atoms with Crippen LogP contribution in [0.1, 0.15) is 0 Å². The number of fused-ring (bicyclic) bond motifs is 2. The van der Waals surface area contributed by atoms with Gasteiger partial charge in [0.25, 0.3) is 0 Å². The Balaban J connectivity index is 1.35. The number of hydrogen-bond acceptors (Lipinski definition) is 8. The van der Waals surface area contributed by atoms with E-state index in [0.29, 0.717) is 10.4 Å². The normalized spacial score (nSPS) is 15.5. The molecule has 0 radical (unpaired) electrons. The number of anilines is 2. The zero-order valence-corrected chi connectivity index (χ0v) is 18.0. The van der Waals surface area contributed by atoms with E-state index in [0.717, 1.165) is 51.4 Å². The third-order valence-corrected chi connectivity index (χ3v) is 8.23. The van der Waals surface area contributed by atoms with Gasteiger partial charge in [-0.25, -0.2) is 22.8 Å². The fourth-order valence-electron chi connectivity index (χ4n) is 3.39. The quantitative estimate of drug-likeness (QED) is 0.475. The van der Waals surface area contributed by atoms with Crippen LogP contribution in [0, 0.1) is 5.82 Å². The number of para-hydroxylation sites is 1. The number of sulfone groups is 1. The molecule has 150 valence electrons. The molecule has 1 saturated heterocycles. The minimum atomic E-state index is -3.24. The van der Waals surface area contributed by atoms with Gasteiger partial charge in [-0.3, -0.25) is 0 Å². The van der Waals surface area contributed by atoms with Crippen LogP contribution in [0.3, 0.4) is 0 Å². The first kappa shape index (κ1) is 18.7. The predicted octanol–water partition coefficient (Wildman–Crippen LogP) is 3.78. The largest absolute Gasteiger partial charge is 0.345 e. The highest BCUT2D eigenvalue weighted by Gasteiger charge is 2.23. The van der Waals surface area contributed by atoms with Crippen molar-refractivity contribution in [2.45, 2.75) is 4.90 Å². The fraction of sp³-hybridized carbons (Fsp3) is 0.263. The summed E-state index contributed by atoms with van der Waals surface area (Å²) >= 11 is 3.02. The summed E-state index contributed by atoms with van der Waals surface area (Å²) < 4.78 is 39.2. The average molecular weight is 449 g/mol. The third-order valence-electron chi connectivity index (χ3n) is 4.96. The zero-order chi connectivity index (χ0) is 20.2. The zero-order valence-electron chi connectivity index (χ0n) is 15.5. The van der Waals surface area contributed by atoms with Crippen molar-refractivity contribution in [3.8, 4) is 0 Å². The van der Waals surface area contributed by atoms with E-state index in [1.165, 1.54) is 35.0 Å². The molecule has 0 atom stereocenters. The number of piperazine rings is 1. The van der Waals surface area contributed by atoms with E-state index in [2.05, 4.69) is 19.8 Å². The molecule has 0 spiro atoms. The van der Waals surface area contributed by atoms with Crippen LogP contribution in [-0.2, 0) is 9.84 Å². The van der Waals surface area contributed by atoms with Gasteiger partial charge in [-0.2, -0.15) is 0 Å². The molecular formula is C19H17FN4O2S3. The first-order chi connectivity index (χ1) is 13.9. The number of hydrogen-bond donors (Lipinski definition) is 0. The van der Waals surface area contributed by atoms with Crippen molar-refractivity contribution in [3.05, 3.63) is 42.2 Å². The van der Waals surface area contributed by atoms with Gasteiger partial charge in [0.05, 0.1) is 19.8 Å². The average Bonchev–Trinajstić information content (AvgIpc) is 3.32. The van der Waals surface area contributed by atoms with Crippen LogP contribution in [-0.4, -0.2) is 50.8 Å². The standard InChI is InChI=1S/C19H17FN4O2S3/c1-29(25,26)12-5-6-14-16(11-12)28-18(21-14)23-7-9-24(10-8-23)19-22-17-13(20)3-2-4-15(17)27-19/h2-6,11H,7-10H2,1H3. The SMILES string of the molecule is CS(=O)(=O)c1ccc2nc(N3CCN(c4nc5c(F)cccc5s4)CC3)sc2c1. The number of benzene rings is 2. The minimum absolute atomic E-state index is 0.286. The Labute approximate surface area is 175 Å². The number of aromatic nitrogens is 2. The molecule has 0 unspecified atom stereocenters. The van der Waals surface area contributed by atoms with Crippen LogP contribution < -0.4 is 9.80 Å². The lowest BCUT2D eigenvalue weighted by Crippen LogP contribution is -2.46. The summed E-state index contributed by atoms with van der Waals surface area (Å²) in [5.74, 6) is -0.286. The lowest BCUT2D eigenvalue weighted by molar-refractivity contribution is 0.602. The lowest BCUT2D eigenvalue weighted by Gasteiger charge is -2.34. The van der Waals surface area contributed by atoms with E-state index >= 15 is 0 Å². The molecule has 3 heterocycles. The third kappa shape index (κ3) is 3.45. The molecule has 0 N–H and O–H groups in total. The van der Waals surface area contributed by atoms with Crippen molar-refractivity contribution in [3.63, 3.8) is 0 Å². The Kier molecular flexibility index (Phi) is 4.45. The van der Waals surface area contributed by atoms with E-state index in [1.54, 1.807) is 24.3 Å². The van der Waals surface area contributed by atoms with Crippen molar-refractivity contribution in [1.29, 1.82) is 0 Å². The van der Waals surface area contributed by atoms with Crippen LogP contribution in [0.5, 0.6) is 0 Å². The van der Waals surface area contributed by atoms with E-state index < -0.39 is 9.84 Å². The Hall–Kier alpha value is -2.30. The Morgan fingerprint density at radius 3 is 2.24 bits per heavy atom. The second-order valence-electron chi connectivity index (χ2n) is 6.96. The predicted molar refractivity (Wildman–Crippen MR) is 117 cm³/mol. The van der Waals surface area contributed by atoms with Gasteiger partial charge >= 0.3 is 0 Å². The first-order valence-corrected chi connectivity index (χ1v) is 12.6. The van der Waals surface area contributed by atoms with Crippen LogP contribution in [0.25, 0.3) is 20.4 Å². The Bertz CT molecular complexity index is 1320. The molecule has 10 heteroatoms. The molecule has 6 nitrogen and oxygen atoms in total. The van der Waals surface area contributed by atoms with Gasteiger partial charge in [-0.15, -0.1) is 0 Å². The van der Waals surface area contributed by atoms with E-state index in [-0.39, 0.29) is 5.82 Å². The molecule has 29 heavy (non-hydrogen) atoms. The topological polar surface area (TPSA) is 66.4 Å². The molecule has 2 aromatic carbocycles. The van der Waals surface area contributed by atoms with Crippen LogP contribution >= 0.6 is 22.7 Å². The highest BCUT2D eigenvalue weighted by Crippen LogP contribution is 2.33. The summed E-state index contributed by atoms with van der Waals surface area (Å²) in [5.41, 5.74) is 1.24. The second kappa shape index (κ2) is 6.89. The molecule has 5 rings (SSSR count). The maximum atomic E-state index is 13.9. The Morgan fingerprint density at radius 1 is 0.931 bits per heavy atom. The monoisotopic (exact) mass is 448 g/mol. The lowest BCUT2D eigenvalue weighted by atomic mass is 10.3.